The Bertz CT molecular complexity index is 943. The summed E-state index contributed by atoms with van der Waals surface area (Å²) in [6.07, 6.45) is 0.841. The average molecular weight is 415 g/mol. The van der Waals surface area contributed by atoms with Crippen molar-refractivity contribution in [2.45, 2.75) is 65.5 Å². The molecule has 0 radical (unpaired) electrons. The Morgan fingerprint density at radius 3 is 2.47 bits per heavy atom. The summed E-state index contributed by atoms with van der Waals surface area (Å²) in [5, 5.41) is 7.61. The number of benzene rings is 1. The van der Waals surface area contributed by atoms with Gasteiger partial charge in [0.25, 0.3) is 5.91 Å². The minimum absolute atomic E-state index is 0.217. The summed E-state index contributed by atoms with van der Waals surface area (Å²) in [5.41, 5.74) is 0.264. The standard InChI is InChI=1S/C23H31FN4O2/c1-15(2)11-12-25-21(30)23(6)14-27-18(13-19(26-27)22(3,4)5)20(29)28(23)17-9-7-16(24)8-10-17/h7-10,13,15H,11-12,14H2,1-6H3,(H,25,30). The quantitative estimate of drug-likeness (QED) is 0.807. The monoisotopic (exact) mass is 414 g/mol. The third kappa shape index (κ3) is 4.11. The van der Waals surface area contributed by atoms with Gasteiger partial charge < -0.3 is 5.32 Å². The van der Waals surface area contributed by atoms with Gasteiger partial charge in [-0.25, -0.2) is 4.39 Å². The van der Waals surface area contributed by atoms with Crippen LogP contribution >= 0.6 is 0 Å². The minimum Gasteiger partial charge on any atom is -0.354 e. The fraction of sp³-hybridized carbons (Fsp3) is 0.522. The number of nitrogens with zero attached hydrogens (tertiary/aromatic N) is 3. The van der Waals surface area contributed by atoms with E-state index in [9.17, 15) is 14.0 Å². The SMILES string of the molecule is CC(C)CCNC(=O)C1(C)Cn2nc(C(C)(C)C)cc2C(=O)N1c1ccc(F)cc1. The molecule has 0 aliphatic carbocycles. The average Bonchev–Trinajstić information content (AvgIpc) is 3.07. The third-order valence-corrected chi connectivity index (χ3v) is 5.50. The number of anilines is 1. The fourth-order valence-electron chi connectivity index (χ4n) is 3.61. The van der Waals surface area contributed by atoms with Crippen molar-refractivity contribution in [1.29, 1.82) is 0 Å². The van der Waals surface area contributed by atoms with Crippen molar-refractivity contribution in [2.75, 3.05) is 11.4 Å². The molecule has 1 atom stereocenters. The van der Waals surface area contributed by atoms with Crippen LogP contribution in [-0.2, 0) is 16.8 Å². The summed E-state index contributed by atoms with van der Waals surface area (Å²) in [4.78, 5) is 28.3. The number of halogens is 1. The zero-order chi connectivity index (χ0) is 22.3. The molecular formula is C23H31FN4O2. The largest absolute Gasteiger partial charge is 0.354 e. The summed E-state index contributed by atoms with van der Waals surface area (Å²) in [6, 6.07) is 7.45. The van der Waals surface area contributed by atoms with E-state index < -0.39 is 11.4 Å². The van der Waals surface area contributed by atoms with Gasteiger partial charge >= 0.3 is 0 Å². The van der Waals surface area contributed by atoms with Crippen LogP contribution in [0.5, 0.6) is 0 Å². The first-order chi connectivity index (χ1) is 13.9. The maximum absolute atomic E-state index is 13.5. The van der Waals surface area contributed by atoms with E-state index in [0.717, 1.165) is 12.1 Å². The van der Waals surface area contributed by atoms with Crippen LogP contribution in [0.15, 0.2) is 30.3 Å². The van der Waals surface area contributed by atoms with Crippen molar-refractivity contribution in [1.82, 2.24) is 15.1 Å². The molecule has 1 aliphatic rings. The van der Waals surface area contributed by atoms with Crippen molar-refractivity contribution in [3.8, 4) is 0 Å². The van der Waals surface area contributed by atoms with E-state index >= 15 is 0 Å². The Labute approximate surface area is 177 Å². The van der Waals surface area contributed by atoms with Crippen LogP contribution in [0.4, 0.5) is 10.1 Å². The highest BCUT2D eigenvalue weighted by atomic mass is 19.1. The topological polar surface area (TPSA) is 67.2 Å². The first-order valence-electron chi connectivity index (χ1n) is 10.4. The Kier molecular flexibility index (Phi) is 5.76. The molecule has 1 unspecified atom stereocenters. The van der Waals surface area contributed by atoms with Gasteiger partial charge in [-0.1, -0.05) is 34.6 Å². The normalized spacial score (nSPS) is 19.2. The summed E-state index contributed by atoms with van der Waals surface area (Å²) in [6.45, 7) is 12.7. The Hall–Kier alpha value is -2.70. The highest BCUT2D eigenvalue weighted by molar-refractivity contribution is 6.11. The van der Waals surface area contributed by atoms with Crippen LogP contribution in [0.1, 0.15) is 64.1 Å². The predicted molar refractivity (Wildman–Crippen MR) is 115 cm³/mol. The second kappa shape index (κ2) is 7.85. The van der Waals surface area contributed by atoms with Crippen LogP contribution in [-0.4, -0.2) is 33.7 Å². The second-order valence-corrected chi connectivity index (χ2v) is 9.65. The predicted octanol–water partition coefficient (Wildman–Crippen LogP) is 3.90. The molecule has 6 nitrogen and oxygen atoms in total. The zero-order valence-electron chi connectivity index (χ0n) is 18.6. The molecule has 2 aromatic rings. The maximum Gasteiger partial charge on any atom is 0.277 e. The Balaban J connectivity index is 2.05. The van der Waals surface area contributed by atoms with Gasteiger partial charge in [-0.2, -0.15) is 5.10 Å². The van der Waals surface area contributed by atoms with Gasteiger partial charge in [0.05, 0.1) is 12.2 Å². The van der Waals surface area contributed by atoms with E-state index in [2.05, 4.69) is 24.3 Å². The van der Waals surface area contributed by atoms with Crippen molar-refractivity contribution in [3.63, 3.8) is 0 Å². The van der Waals surface area contributed by atoms with E-state index in [1.165, 1.54) is 29.2 Å². The molecule has 0 fully saturated rings. The van der Waals surface area contributed by atoms with Gasteiger partial charge in [0.1, 0.15) is 17.1 Å². The third-order valence-electron chi connectivity index (χ3n) is 5.50. The lowest BCUT2D eigenvalue weighted by Gasteiger charge is -2.43. The summed E-state index contributed by atoms with van der Waals surface area (Å²) in [5.74, 6) is -0.519. The Morgan fingerprint density at radius 2 is 1.90 bits per heavy atom. The first-order valence-corrected chi connectivity index (χ1v) is 10.4. The van der Waals surface area contributed by atoms with Gasteiger partial charge in [0, 0.05) is 17.6 Å². The van der Waals surface area contributed by atoms with Gasteiger partial charge in [-0.15, -0.1) is 0 Å². The molecule has 0 bridgehead atoms. The van der Waals surface area contributed by atoms with Crippen molar-refractivity contribution >= 4 is 17.5 Å². The van der Waals surface area contributed by atoms with Gasteiger partial charge in [-0.05, 0) is 49.6 Å². The minimum atomic E-state index is -1.19. The van der Waals surface area contributed by atoms with Crippen molar-refractivity contribution in [2.24, 2.45) is 5.92 Å². The number of carbonyl (C=O) groups excluding carboxylic acids is 2. The highest BCUT2D eigenvalue weighted by Gasteiger charge is 2.49. The summed E-state index contributed by atoms with van der Waals surface area (Å²) < 4.78 is 15.2. The molecule has 1 aromatic carbocycles. The van der Waals surface area contributed by atoms with Gasteiger partial charge in [0.2, 0.25) is 5.91 Å². The molecule has 30 heavy (non-hydrogen) atoms. The molecule has 162 valence electrons. The van der Waals surface area contributed by atoms with Crippen molar-refractivity contribution < 1.29 is 14.0 Å². The fourth-order valence-corrected chi connectivity index (χ4v) is 3.61. The molecule has 1 aromatic heterocycles. The highest BCUT2D eigenvalue weighted by Crippen LogP contribution is 2.34. The number of carbonyl (C=O) groups is 2. The molecule has 0 saturated carbocycles. The molecule has 2 amide bonds. The smallest absolute Gasteiger partial charge is 0.277 e. The molecule has 3 rings (SSSR count). The number of aromatic nitrogens is 2. The van der Waals surface area contributed by atoms with E-state index in [0.29, 0.717) is 23.8 Å². The lowest BCUT2D eigenvalue weighted by Crippen LogP contribution is -2.64. The first kappa shape index (κ1) is 22.0. The van der Waals surface area contributed by atoms with Crippen LogP contribution in [0.25, 0.3) is 0 Å². The molecule has 2 heterocycles. The number of hydrogen-bond donors (Lipinski definition) is 1. The van der Waals surface area contributed by atoms with E-state index in [1.54, 1.807) is 17.7 Å². The summed E-state index contributed by atoms with van der Waals surface area (Å²) in [7, 11) is 0. The molecule has 7 heteroatoms. The Morgan fingerprint density at radius 1 is 1.27 bits per heavy atom. The maximum atomic E-state index is 13.5. The zero-order valence-corrected chi connectivity index (χ0v) is 18.6. The van der Waals surface area contributed by atoms with Crippen LogP contribution in [0.2, 0.25) is 0 Å². The van der Waals surface area contributed by atoms with Crippen LogP contribution in [0, 0.1) is 11.7 Å². The lowest BCUT2D eigenvalue weighted by molar-refractivity contribution is -0.126. The van der Waals surface area contributed by atoms with E-state index in [4.69, 9.17) is 0 Å². The number of nitrogens with one attached hydrogen (secondary N) is 1. The molecule has 1 N–H and O–H groups in total. The van der Waals surface area contributed by atoms with Gasteiger partial charge in [0.15, 0.2) is 0 Å². The number of hydrogen-bond acceptors (Lipinski definition) is 3. The van der Waals surface area contributed by atoms with E-state index in [-0.39, 0.29) is 23.8 Å². The van der Waals surface area contributed by atoms with Crippen molar-refractivity contribution in [3.05, 3.63) is 47.5 Å². The molecule has 0 spiro atoms. The summed E-state index contributed by atoms with van der Waals surface area (Å²) >= 11 is 0. The number of amides is 2. The lowest BCUT2D eigenvalue weighted by atomic mass is 9.91. The molecule has 0 saturated heterocycles. The molecular weight excluding hydrogens is 383 g/mol. The molecule has 1 aliphatic heterocycles. The number of rotatable bonds is 5. The second-order valence-electron chi connectivity index (χ2n) is 9.65. The van der Waals surface area contributed by atoms with Crippen LogP contribution in [0.3, 0.4) is 0 Å². The number of fused-ring (bicyclic) bond motifs is 1. The van der Waals surface area contributed by atoms with E-state index in [1.807, 2.05) is 20.8 Å². The van der Waals surface area contributed by atoms with Crippen LogP contribution < -0.4 is 10.2 Å². The van der Waals surface area contributed by atoms with Gasteiger partial charge in [-0.3, -0.25) is 19.2 Å².